The Hall–Kier alpha value is -6.32. The van der Waals surface area contributed by atoms with Gasteiger partial charge < -0.3 is 67.7 Å². The van der Waals surface area contributed by atoms with Crippen molar-refractivity contribution in [2.75, 3.05) is 60.5 Å². The molecule has 0 spiro atoms. The number of amidine groups is 4. The molecule has 20 heteroatoms. The number of fused-ring (bicyclic) bond motifs is 16. The Morgan fingerprint density at radius 1 is 0.515 bits per heavy atom. The molecule has 20 nitrogen and oxygen atoms in total. The molecular weight excluding hydrogens is 859 g/mol. The van der Waals surface area contributed by atoms with Crippen LogP contribution in [-0.2, 0) is 18.9 Å². The summed E-state index contributed by atoms with van der Waals surface area (Å²) in [6.07, 6.45) is 0.785. The van der Waals surface area contributed by atoms with Crippen LogP contribution in [-0.4, -0.2) is 127 Å². The van der Waals surface area contributed by atoms with E-state index in [0.717, 1.165) is 0 Å². The molecule has 2 aromatic carbocycles. The highest BCUT2D eigenvalue weighted by Gasteiger charge is 2.55. The van der Waals surface area contributed by atoms with Crippen molar-refractivity contribution >= 4 is 23.3 Å². The highest BCUT2D eigenvalue weighted by Crippen LogP contribution is 2.50. The second kappa shape index (κ2) is 16.8. The number of aromatic nitrogens is 1. The van der Waals surface area contributed by atoms with Crippen LogP contribution in [0.4, 0.5) is 0 Å². The van der Waals surface area contributed by atoms with Crippen LogP contribution in [0.2, 0.25) is 0 Å². The summed E-state index contributed by atoms with van der Waals surface area (Å²) in [7, 11) is 3.06. The van der Waals surface area contributed by atoms with Crippen LogP contribution in [0.1, 0.15) is 83.6 Å². The summed E-state index contributed by atoms with van der Waals surface area (Å²) in [5, 5.41) is 29.6. The number of methoxy groups -OCH3 is 2. The maximum Gasteiger partial charge on any atom is 0.247 e. The molecule has 2 unspecified atom stereocenters. The van der Waals surface area contributed by atoms with Gasteiger partial charge in [0.25, 0.3) is 0 Å². The number of rotatable bonds is 14. The average Bonchev–Trinajstić information content (AvgIpc) is 4.02. The van der Waals surface area contributed by atoms with Crippen molar-refractivity contribution in [3.63, 3.8) is 0 Å². The summed E-state index contributed by atoms with van der Waals surface area (Å²) in [5.41, 5.74) is 0.666. The molecule has 1 saturated heterocycles. The molecule has 0 radical (unpaired) electrons. The van der Waals surface area contributed by atoms with E-state index in [1.807, 2.05) is 34.6 Å². The van der Waals surface area contributed by atoms with E-state index in [9.17, 15) is 15.3 Å². The number of ether oxygens (including phenoxy) is 10. The van der Waals surface area contributed by atoms with Crippen molar-refractivity contribution in [3.8, 4) is 34.5 Å². The third-order valence-electron chi connectivity index (χ3n) is 12.2. The van der Waals surface area contributed by atoms with Crippen molar-refractivity contribution < 1.29 is 62.7 Å². The first-order valence-electron chi connectivity index (χ1n) is 21.7. The topological polar surface area (TPSA) is 243 Å². The number of aromatic amines is 1. The number of nitrogens with zero attached hydrogens (tertiary/aromatic N) is 6. The lowest BCUT2D eigenvalue weighted by atomic mass is 9.97. The molecule has 4 N–H and O–H groups in total. The second-order valence-corrected chi connectivity index (χ2v) is 17.1. The Kier molecular flexibility index (Phi) is 11.4. The molecule has 1 aromatic heterocycles. The van der Waals surface area contributed by atoms with Gasteiger partial charge in [0.05, 0.1) is 60.1 Å². The van der Waals surface area contributed by atoms with Gasteiger partial charge in [-0.15, -0.1) is 0 Å². The van der Waals surface area contributed by atoms with E-state index in [-0.39, 0.29) is 97.6 Å². The van der Waals surface area contributed by atoms with E-state index in [4.69, 9.17) is 77.3 Å². The van der Waals surface area contributed by atoms with E-state index in [2.05, 4.69) is 4.98 Å². The Balaban J connectivity index is 1.40. The standard InChI is InChI=1S/C46H53N7O13/c1-10-18-59-25-11-12-27(61-20-16-55)31-29(25)37-48-24-22-23(33-34(24)65-45(6,57-8)43(2,3)63-33)47-38-30-26(60-19-15-54)13-14-28(62-21-17-56)32(30)39(50-38)51-41-35-36(42(53-41)52-40(31)49-37)66-46(7,58-9)44(4,5)64-35/h11-14,54-56H,10,15-22H2,1-9H3,(H,47,48,49,50,51,52,53). The molecule has 3 aromatic rings. The van der Waals surface area contributed by atoms with Crippen LogP contribution < -0.4 is 39.4 Å². The fraction of sp³-hybridized carbons (Fsp3) is 0.478. The second-order valence-electron chi connectivity index (χ2n) is 17.1. The molecule has 5 aliphatic heterocycles. The lowest BCUT2D eigenvalue weighted by molar-refractivity contribution is -0.301. The zero-order valence-corrected chi connectivity index (χ0v) is 38.3. The highest BCUT2D eigenvalue weighted by atomic mass is 16.7. The monoisotopic (exact) mass is 911 g/mol. The average molecular weight is 912 g/mol. The molecule has 2 atom stereocenters. The molecule has 1 fully saturated rings. The number of aliphatic hydroxyl groups is 3. The quantitative estimate of drug-likeness (QED) is 0.181. The predicted molar refractivity (Wildman–Crippen MR) is 237 cm³/mol. The molecular formula is C46H53N7O13. The van der Waals surface area contributed by atoms with Crippen LogP contribution in [0.15, 0.2) is 77.1 Å². The number of aliphatic imine (C=N–C) groups is 4. The van der Waals surface area contributed by atoms with Crippen LogP contribution in [0, 0.1) is 0 Å². The van der Waals surface area contributed by atoms with Crippen LogP contribution in [0.3, 0.4) is 0 Å². The van der Waals surface area contributed by atoms with Gasteiger partial charge in [-0.2, -0.15) is 0 Å². The maximum absolute atomic E-state index is 9.88. The van der Waals surface area contributed by atoms with Crippen molar-refractivity contribution in [2.24, 2.45) is 30.0 Å². The number of hydrogen-bond acceptors (Lipinski definition) is 19. The number of aliphatic hydroxyl groups excluding tert-OH is 3. The molecule has 8 bridgehead atoms. The van der Waals surface area contributed by atoms with Gasteiger partial charge in [0.1, 0.15) is 42.8 Å². The number of hydrogen-bond donors (Lipinski definition) is 4. The van der Waals surface area contributed by atoms with E-state index in [1.165, 1.54) is 14.2 Å². The molecule has 9 rings (SSSR count). The van der Waals surface area contributed by atoms with E-state index in [1.54, 1.807) is 38.1 Å². The Labute approximate surface area is 379 Å². The maximum atomic E-state index is 9.88. The highest BCUT2D eigenvalue weighted by molar-refractivity contribution is 6.26. The summed E-state index contributed by atoms with van der Waals surface area (Å²) in [6, 6.07) is 6.87. The number of nitrogens with one attached hydrogen (secondary N) is 1. The lowest BCUT2D eigenvalue weighted by Crippen LogP contribution is -2.60. The summed E-state index contributed by atoms with van der Waals surface area (Å²) in [6.45, 7) is 12.3. The normalized spacial score (nSPS) is 22.6. The first-order valence-corrected chi connectivity index (χ1v) is 21.7. The number of H-pyrrole nitrogens is 1. The van der Waals surface area contributed by atoms with Gasteiger partial charge in [-0.1, -0.05) is 6.92 Å². The third-order valence-corrected chi connectivity index (χ3v) is 12.2. The van der Waals surface area contributed by atoms with Gasteiger partial charge in [-0.05, 0) is 58.4 Å². The van der Waals surface area contributed by atoms with E-state index in [0.29, 0.717) is 75.4 Å². The SMILES string of the molecule is CCCOc1ccc(OCCO)c2c1C1=NC3=C4OC(C)(OC)C(C)(C)OC4=C(C3)N=C3N=C(N=c4[nH]c(c5c4OC(C)(C)C(C)(OC)O5)=NC2=N1)c1c(OCCO)ccc(OCCO)c13. The lowest BCUT2D eigenvalue weighted by Gasteiger charge is -2.47. The number of benzene rings is 2. The molecule has 0 amide bonds. The Bertz CT molecular complexity index is 2820. The van der Waals surface area contributed by atoms with Crippen molar-refractivity contribution in [3.05, 3.63) is 80.4 Å². The fourth-order valence-corrected chi connectivity index (χ4v) is 8.06. The third kappa shape index (κ3) is 7.27. The first kappa shape index (κ1) is 44.9. The van der Waals surface area contributed by atoms with E-state index >= 15 is 0 Å². The van der Waals surface area contributed by atoms with Crippen molar-refractivity contribution in [1.29, 1.82) is 0 Å². The largest absolute Gasteiger partial charge is 0.493 e. The summed E-state index contributed by atoms with van der Waals surface area (Å²) in [4.78, 5) is 34.0. The van der Waals surface area contributed by atoms with Crippen molar-refractivity contribution in [2.45, 2.75) is 84.1 Å². The Morgan fingerprint density at radius 2 is 0.894 bits per heavy atom. The van der Waals surface area contributed by atoms with Gasteiger partial charge in [-0.25, -0.2) is 30.0 Å². The predicted octanol–water partition coefficient (Wildman–Crippen LogP) is 3.51. The molecule has 1 aliphatic carbocycles. The zero-order chi connectivity index (χ0) is 46.8. The van der Waals surface area contributed by atoms with Gasteiger partial charge >= 0.3 is 0 Å². The van der Waals surface area contributed by atoms with Crippen LogP contribution in [0.5, 0.6) is 34.5 Å². The minimum Gasteiger partial charge on any atom is -0.493 e. The van der Waals surface area contributed by atoms with Crippen LogP contribution >= 0.6 is 0 Å². The van der Waals surface area contributed by atoms with Gasteiger partial charge in [-0.3, -0.25) is 0 Å². The molecule has 66 heavy (non-hydrogen) atoms. The zero-order valence-electron chi connectivity index (χ0n) is 38.3. The summed E-state index contributed by atoms with van der Waals surface area (Å²) in [5.74, 6) is 0.423. The summed E-state index contributed by atoms with van der Waals surface area (Å²) < 4.78 is 63.5. The van der Waals surface area contributed by atoms with Gasteiger partial charge in [0.2, 0.25) is 23.1 Å². The van der Waals surface area contributed by atoms with Crippen molar-refractivity contribution in [1.82, 2.24) is 4.98 Å². The molecule has 350 valence electrons. The fourth-order valence-electron chi connectivity index (χ4n) is 8.06. The minimum absolute atomic E-state index is 0.0241. The minimum atomic E-state index is -1.32. The van der Waals surface area contributed by atoms with Gasteiger partial charge in [0.15, 0.2) is 57.0 Å². The molecule has 6 heterocycles. The molecule has 6 aliphatic rings. The summed E-state index contributed by atoms with van der Waals surface area (Å²) >= 11 is 0. The Morgan fingerprint density at radius 3 is 1.32 bits per heavy atom. The smallest absolute Gasteiger partial charge is 0.247 e. The first-order chi connectivity index (χ1) is 31.6. The van der Waals surface area contributed by atoms with E-state index < -0.39 is 22.8 Å². The van der Waals surface area contributed by atoms with Gasteiger partial charge in [0, 0.05) is 34.5 Å². The molecule has 0 saturated carbocycles. The van der Waals surface area contributed by atoms with Crippen LogP contribution in [0.25, 0.3) is 0 Å².